The molecule has 1 saturated heterocycles. The SMILES string of the molecule is CCS(=O)(=O)N1CC(n2cc(-c3ncnc4nc[nH]c34)cn2)C1. The number of nitrogens with one attached hydrogen (secondary N) is 1. The summed E-state index contributed by atoms with van der Waals surface area (Å²) >= 11 is 0. The fourth-order valence-corrected chi connectivity index (χ4v) is 3.80. The molecule has 0 aromatic carbocycles. The second-order valence-electron chi connectivity index (χ2n) is 5.40. The van der Waals surface area contributed by atoms with Crippen LogP contribution in [0.25, 0.3) is 22.4 Å². The molecule has 0 saturated carbocycles. The lowest BCUT2D eigenvalue weighted by molar-refractivity contribution is 0.191. The standard InChI is InChI=1S/C13H15N7O2S/c1-2-23(21,22)19-5-10(6-19)20-4-9(3-18-20)11-12-13(16-7-14-11)17-8-15-12/h3-4,7-8,10H,2,5-6H2,1H3,(H,14,15,16,17). The van der Waals surface area contributed by atoms with Crippen LogP contribution >= 0.6 is 0 Å². The van der Waals surface area contributed by atoms with E-state index in [2.05, 4.69) is 25.0 Å². The van der Waals surface area contributed by atoms with E-state index in [-0.39, 0.29) is 11.8 Å². The smallest absolute Gasteiger partial charge is 0.213 e. The van der Waals surface area contributed by atoms with Crippen LogP contribution in [-0.2, 0) is 10.0 Å². The molecule has 1 aliphatic rings. The molecule has 0 amide bonds. The molecule has 4 rings (SSSR count). The van der Waals surface area contributed by atoms with E-state index in [0.29, 0.717) is 18.7 Å². The van der Waals surface area contributed by atoms with Crippen molar-refractivity contribution in [1.29, 1.82) is 0 Å². The van der Waals surface area contributed by atoms with Crippen molar-refractivity contribution < 1.29 is 8.42 Å². The predicted octanol–water partition coefficient (Wildman–Crippen LogP) is 0.423. The second kappa shape index (κ2) is 5.10. The lowest BCUT2D eigenvalue weighted by Crippen LogP contribution is -2.51. The Bertz CT molecular complexity index is 956. The first-order valence-corrected chi connectivity index (χ1v) is 8.86. The Kier molecular flexibility index (Phi) is 3.16. The monoisotopic (exact) mass is 333 g/mol. The van der Waals surface area contributed by atoms with Gasteiger partial charge in [0.2, 0.25) is 10.0 Å². The Morgan fingerprint density at radius 3 is 2.91 bits per heavy atom. The minimum atomic E-state index is -3.11. The van der Waals surface area contributed by atoms with Gasteiger partial charge in [-0.1, -0.05) is 0 Å². The van der Waals surface area contributed by atoms with Gasteiger partial charge >= 0.3 is 0 Å². The van der Waals surface area contributed by atoms with Gasteiger partial charge in [0.15, 0.2) is 5.65 Å². The average molecular weight is 333 g/mol. The molecule has 3 aromatic rings. The predicted molar refractivity (Wildman–Crippen MR) is 83.0 cm³/mol. The van der Waals surface area contributed by atoms with Crippen molar-refractivity contribution in [2.75, 3.05) is 18.8 Å². The molecular weight excluding hydrogens is 318 g/mol. The fourth-order valence-electron chi connectivity index (χ4n) is 2.64. The number of nitrogens with zero attached hydrogens (tertiary/aromatic N) is 6. The van der Waals surface area contributed by atoms with Gasteiger partial charge < -0.3 is 4.98 Å². The van der Waals surface area contributed by atoms with E-state index in [1.165, 1.54) is 10.6 Å². The highest BCUT2D eigenvalue weighted by atomic mass is 32.2. The van der Waals surface area contributed by atoms with Crippen molar-refractivity contribution in [3.63, 3.8) is 0 Å². The first-order chi connectivity index (χ1) is 11.1. The van der Waals surface area contributed by atoms with Gasteiger partial charge in [0, 0.05) is 24.8 Å². The summed E-state index contributed by atoms with van der Waals surface area (Å²) in [7, 11) is -3.11. The summed E-state index contributed by atoms with van der Waals surface area (Å²) in [6.45, 7) is 2.57. The molecule has 0 unspecified atom stereocenters. The number of hydrogen-bond donors (Lipinski definition) is 1. The number of hydrogen-bond acceptors (Lipinski definition) is 6. The quantitative estimate of drug-likeness (QED) is 0.741. The summed E-state index contributed by atoms with van der Waals surface area (Å²) in [4.78, 5) is 15.5. The molecule has 0 aliphatic carbocycles. The number of aromatic nitrogens is 6. The van der Waals surface area contributed by atoms with Crippen molar-refractivity contribution in [1.82, 2.24) is 34.0 Å². The van der Waals surface area contributed by atoms with E-state index in [1.807, 2.05) is 6.20 Å². The normalized spacial score (nSPS) is 16.7. The third-order valence-electron chi connectivity index (χ3n) is 4.06. The van der Waals surface area contributed by atoms with E-state index < -0.39 is 10.0 Å². The largest absolute Gasteiger partial charge is 0.341 e. The van der Waals surface area contributed by atoms with Gasteiger partial charge in [-0.15, -0.1) is 0 Å². The summed E-state index contributed by atoms with van der Waals surface area (Å²) < 4.78 is 26.8. The number of aromatic amines is 1. The third-order valence-corrected chi connectivity index (χ3v) is 5.87. The fraction of sp³-hybridized carbons (Fsp3) is 0.385. The topological polar surface area (TPSA) is 110 Å². The van der Waals surface area contributed by atoms with Gasteiger partial charge in [0.05, 0.1) is 24.3 Å². The summed E-state index contributed by atoms with van der Waals surface area (Å²) in [5, 5.41) is 4.35. The highest BCUT2D eigenvalue weighted by Gasteiger charge is 2.36. The maximum Gasteiger partial charge on any atom is 0.213 e. The van der Waals surface area contributed by atoms with Gasteiger partial charge in [-0.25, -0.2) is 23.4 Å². The third kappa shape index (κ3) is 2.30. The van der Waals surface area contributed by atoms with Gasteiger partial charge in [0.25, 0.3) is 0 Å². The van der Waals surface area contributed by atoms with E-state index in [9.17, 15) is 8.42 Å². The molecule has 1 N–H and O–H groups in total. The molecular formula is C13H15N7O2S. The zero-order valence-electron chi connectivity index (χ0n) is 12.4. The van der Waals surface area contributed by atoms with Crippen molar-refractivity contribution in [3.8, 4) is 11.3 Å². The number of fused-ring (bicyclic) bond motifs is 1. The lowest BCUT2D eigenvalue weighted by atomic mass is 10.2. The van der Waals surface area contributed by atoms with E-state index in [1.54, 1.807) is 24.1 Å². The van der Waals surface area contributed by atoms with Crippen molar-refractivity contribution in [2.24, 2.45) is 0 Å². The van der Waals surface area contributed by atoms with Crippen LogP contribution in [0.3, 0.4) is 0 Å². The highest BCUT2D eigenvalue weighted by Crippen LogP contribution is 2.27. The van der Waals surface area contributed by atoms with E-state index in [0.717, 1.165) is 16.8 Å². The van der Waals surface area contributed by atoms with Crippen LogP contribution in [0.2, 0.25) is 0 Å². The van der Waals surface area contributed by atoms with Crippen molar-refractivity contribution >= 4 is 21.2 Å². The molecule has 9 nitrogen and oxygen atoms in total. The minimum absolute atomic E-state index is 0.0594. The molecule has 4 heterocycles. The molecule has 10 heteroatoms. The van der Waals surface area contributed by atoms with E-state index >= 15 is 0 Å². The van der Waals surface area contributed by atoms with Crippen LogP contribution in [0.15, 0.2) is 25.0 Å². The Morgan fingerprint density at radius 1 is 1.30 bits per heavy atom. The molecule has 0 atom stereocenters. The van der Waals surface area contributed by atoms with Gasteiger partial charge in [0.1, 0.15) is 17.5 Å². The average Bonchev–Trinajstić information content (AvgIpc) is 3.13. The zero-order chi connectivity index (χ0) is 16.0. The number of sulfonamides is 1. The second-order valence-corrected chi connectivity index (χ2v) is 7.66. The number of rotatable bonds is 4. The molecule has 1 fully saturated rings. The molecule has 120 valence electrons. The van der Waals surface area contributed by atoms with Gasteiger partial charge in [-0.3, -0.25) is 4.68 Å². The van der Waals surface area contributed by atoms with Crippen LogP contribution in [0, 0.1) is 0 Å². The molecule has 1 aliphatic heterocycles. The zero-order valence-corrected chi connectivity index (χ0v) is 13.2. The molecule has 0 spiro atoms. The van der Waals surface area contributed by atoms with E-state index in [4.69, 9.17) is 0 Å². The summed E-state index contributed by atoms with van der Waals surface area (Å²) in [5.41, 5.74) is 2.94. The molecule has 0 radical (unpaired) electrons. The van der Waals surface area contributed by atoms with Crippen molar-refractivity contribution in [3.05, 3.63) is 25.0 Å². The number of imidazole rings is 1. The van der Waals surface area contributed by atoms with Crippen molar-refractivity contribution in [2.45, 2.75) is 13.0 Å². The lowest BCUT2D eigenvalue weighted by Gasteiger charge is -2.37. The first kappa shape index (κ1) is 14.3. The summed E-state index contributed by atoms with van der Waals surface area (Å²) in [6, 6.07) is 0.0594. The number of H-pyrrole nitrogens is 1. The summed E-state index contributed by atoms with van der Waals surface area (Å²) in [6.07, 6.45) is 6.64. The maximum absolute atomic E-state index is 11.8. The Balaban J connectivity index is 1.58. The highest BCUT2D eigenvalue weighted by molar-refractivity contribution is 7.89. The first-order valence-electron chi connectivity index (χ1n) is 7.25. The van der Waals surface area contributed by atoms with Gasteiger partial charge in [-0.2, -0.15) is 9.40 Å². The van der Waals surface area contributed by atoms with Crippen LogP contribution in [0.4, 0.5) is 0 Å². The van der Waals surface area contributed by atoms with Crippen LogP contribution in [-0.4, -0.2) is 61.3 Å². The Hall–Kier alpha value is -2.33. The minimum Gasteiger partial charge on any atom is -0.341 e. The molecule has 3 aromatic heterocycles. The Morgan fingerprint density at radius 2 is 2.13 bits per heavy atom. The molecule has 0 bridgehead atoms. The van der Waals surface area contributed by atoms with Crippen LogP contribution < -0.4 is 0 Å². The maximum atomic E-state index is 11.8. The van der Waals surface area contributed by atoms with Gasteiger partial charge in [-0.05, 0) is 6.92 Å². The molecule has 23 heavy (non-hydrogen) atoms. The van der Waals surface area contributed by atoms with Crippen LogP contribution in [0.5, 0.6) is 0 Å². The Labute approximate surface area is 132 Å². The van der Waals surface area contributed by atoms with Crippen LogP contribution in [0.1, 0.15) is 13.0 Å². The summed E-state index contributed by atoms with van der Waals surface area (Å²) in [5.74, 6) is 0.128.